The molecular weight excluding hydrogens is 348 g/mol. The van der Waals surface area contributed by atoms with E-state index in [-0.39, 0.29) is 10.8 Å². The highest BCUT2D eigenvalue weighted by molar-refractivity contribution is 7.89. The number of nitrogens with one attached hydrogen (secondary N) is 1. The first-order valence-corrected chi connectivity index (χ1v) is 10.4. The van der Waals surface area contributed by atoms with E-state index in [1.165, 1.54) is 6.07 Å². The number of amides is 1. The van der Waals surface area contributed by atoms with E-state index in [9.17, 15) is 13.2 Å². The SMILES string of the molecule is Cc1ccc(C(=O)Nc2ccccc2)cc1S(=O)(=O)N1CCCCCC1. The highest BCUT2D eigenvalue weighted by Gasteiger charge is 2.27. The van der Waals surface area contributed by atoms with E-state index in [0.717, 1.165) is 25.7 Å². The van der Waals surface area contributed by atoms with Crippen LogP contribution in [0, 0.1) is 6.92 Å². The van der Waals surface area contributed by atoms with Crippen molar-refractivity contribution in [3.63, 3.8) is 0 Å². The normalized spacial score (nSPS) is 16.0. The molecule has 26 heavy (non-hydrogen) atoms. The molecule has 6 heteroatoms. The minimum absolute atomic E-state index is 0.222. The van der Waals surface area contributed by atoms with Crippen LogP contribution in [0.4, 0.5) is 5.69 Å². The lowest BCUT2D eigenvalue weighted by atomic mass is 10.1. The van der Waals surface area contributed by atoms with E-state index in [4.69, 9.17) is 0 Å². The van der Waals surface area contributed by atoms with Crippen molar-refractivity contribution in [2.45, 2.75) is 37.5 Å². The summed E-state index contributed by atoms with van der Waals surface area (Å²) in [7, 11) is -3.59. The van der Waals surface area contributed by atoms with Crippen molar-refractivity contribution in [3.05, 3.63) is 59.7 Å². The molecule has 1 aliphatic rings. The molecule has 2 aromatic carbocycles. The Labute approximate surface area is 155 Å². The van der Waals surface area contributed by atoms with Crippen LogP contribution < -0.4 is 5.32 Å². The number of rotatable bonds is 4. The molecule has 1 amide bonds. The summed E-state index contributed by atoms with van der Waals surface area (Å²) in [6.07, 6.45) is 3.88. The Balaban J connectivity index is 1.88. The number of anilines is 1. The smallest absolute Gasteiger partial charge is 0.255 e. The number of sulfonamides is 1. The van der Waals surface area contributed by atoms with Gasteiger partial charge in [-0.3, -0.25) is 4.79 Å². The first kappa shape index (κ1) is 18.6. The van der Waals surface area contributed by atoms with Crippen molar-refractivity contribution in [2.24, 2.45) is 0 Å². The minimum atomic E-state index is -3.59. The number of nitrogens with zero attached hydrogens (tertiary/aromatic N) is 1. The van der Waals surface area contributed by atoms with Gasteiger partial charge in [0.05, 0.1) is 4.90 Å². The summed E-state index contributed by atoms with van der Waals surface area (Å²) in [6, 6.07) is 14.0. The summed E-state index contributed by atoms with van der Waals surface area (Å²) in [5.41, 5.74) is 1.67. The lowest BCUT2D eigenvalue weighted by molar-refractivity contribution is 0.102. The van der Waals surface area contributed by atoms with Crippen LogP contribution in [0.3, 0.4) is 0 Å². The summed E-state index contributed by atoms with van der Waals surface area (Å²) in [5, 5.41) is 2.80. The van der Waals surface area contributed by atoms with Crippen LogP contribution in [0.2, 0.25) is 0 Å². The molecule has 0 radical (unpaired) electrons. The van der Waals surface area contributed by atoms with Gasteiger partial charge >= 0.3 is 0 Å². The van der Waals surface area contributed by atoms with Gasteiger partial charge in [0.2, 0.25) is 10.0 Å². The second-order valence-electron chi connectivity index (χ2n) is 6.62. The molecule has 1 aliphatic heterocycles. The molecule has 0 aromatic heterocycles. The van der Waals surface area contributed by atoms with Gasteiger partial charge in [0.25, 0.3) is 5.91 Å². The molecule has 0 atom stereocenters. The summed E-state index contributed by atoms with van der Waals surface area (Å²) < 4.78 is 27.7. The molecule has 138 valence electrons. The second-order valence-corrected chi connectivity index (χ2v) is 8.53. The van der Waals surface area contributed by atoms with Crippen molar-refractivity contribution in [2.75, 3.05) is 18.4 Å². The van der Waals surface area contributed by atoms with Crippen LogP contribution >= 0.6 is 0 Å². The topological polar surface area (TPSA) is 66.5 Å². The minimum Gasteiger partial charge on any atom is -0.322 e. The number of hydrogen-bond acceptors (Lipinski definition) is 3. The Hall–Kier alpha value is -2.18. The Bertz CT molecular complexity index is 871. The number of hydrogen-bond donors (Lipinski definition) is 1. The number of para-hydroxylation sites is 1. The van der Waals surface area contributed by atoms with Crippen molar-refractivity contribution in [3.8, 4) is 0 Å². The van der Waals surface area contributed by atoms with Crippen molar-refractivity contribution in [1.82, 2.24) is 4.31 Å². The van der Waals surface area contributed by atoms with Crippen LogP contribution in [0.5, 0.6) is 0 Å². The third-order valence-corrected chi connectivity index (χ3v) is 6.71. The van der Waals surface area contributed by atoms with Crippen LogP contribution in [0.1, 0.15) is 41.6 Å². The maximum Gasteiger partial charge on any atom is 0.255 e. The summed E-state index contributed by atoms with van der Waals surface area (Å²) in [5.74, 6) is -0.316. The molecule has 1 fully saturated rings. The van der Waals surface area contributed by atoms with E-state index in [1.54, 1.807) is 35.5 Å². The third kappa shape index (κ3) is 4.14. The van der Waals surface area contributed by atoms with Crippen LogP contribution in [0.25, 0.3) is 0 Å². The maximum atomic E-state index is 13.1. The molecule has 0 bridgehead atoms. The Morgan fingerprint density at radius 1 is 0.962 bits per heavy atom. The molecule has 0 aliphatic carbocycles. The molecule has 1 saturated heterocycles. The van der Waals surface area contributed by atoms with E-state index < -0.39 is 10.0 Å². The highest BCUT2D eigenvalue weighted by Crippen LogP contribution is 2.24. The number of benzene rings is 2. The van der Waals surface area contributed by atoms with Crippen LogP contribution in [-0.4, -0.2) is 31.7 Å². The zero-order valence-electron chi connectivity index (χ0n) is 14.9. The lowest BCUT2D eigenvalue weighted by Gasteiger charge is -2.21. The van der Waals surface area contributed by atoms with Gasteiger partial charge in [0.15, 0.2) is 0 Å². The number of aryl methyl sites for hydroxylation is 1. The van der Waals surface area contributed by atoms with E-state index in [1.807, 2.05) is 18.2 Å². The molecule has 2 aromatic rings. The van der Waals surface area contributed by atoms with Crippen molar-refractivity contribution in [1.29, 1.82) is 0 Å². The van der Waals surface area contributed by atoms with E-state index in [0.29, 0.717) is 29.9 Å². The van der Waals surface area contributed by atoms with Crippen molar-refractivity contribution < 1.29 is 13.2 Å². The van der Waals surface area contributed by atoms with Gasteiger partial charge in [0, 0.05) is 24.3 Å². The molecule has 1 heterocycles. The molecule has 0 saturated carbocycles. The van der Waals surface area contributed by atoms with Gasteiger partial charge in [-0.05, 0) is 49.6 Å². The number of carbonyl (C=O) groups excluding carboxylic acids is 1. The Morgan fingerprint density at radius 3 is 2.27 bits per heavy atom. The Kier molecular flexibility index (Phi) is 5.74. The first-order chi connectivity index (χ1) is 12.5. The van der Waals surface area contributed by atoms with E-state index in [2.05, 4.69) is 5.32 Å². The zero-order valence-corrected chi connectivity index (χ0v) is 15.8. The van der Waals surface area contributed by atoms with Gasteiger partial charge in [-0.25, -0.2) is 8.42 Å². The van der Waals surface area contributed by atoms with Gasteiger partial charge < -0.3 is 5.32 Å². The lowest BCUT2D eigenvalue weighted by Crippen LogP contribution is -2.32. The molecule has 3 rings (SSSR count). The first-order valence-electron chi connectivity index (χ1n) is 8.96. The summed E-state index contributed by atoms with van der Waals surface area (Å²) in [6.45, 7) is 2.86. The summed E-state index contributed by atoms with van der Waals surface area (Å²) >= 11 is 0. The monoisotopic (exact) mass is 372 g/mol. The standard InChI is InChI=1S/C20H24N2O3S/c1-16-11-12-17(20(23)21-18-9-5-4-6-10-18)15-19(16)26(24,25)22-13-7-2-3-8-14-22/h4-6,9-12,15H,2-3,7-8,13-14H2,1H3,(H,21,23). The Morgan fingerprint density at radius 2 is 1.62 bits per heavy atom. The van der Waals surface area contributed by atoms with Crippen LogP contribution in [-0.2, 0) is 10.0 Å². The quantitative estimate of drug-likeness (QED) is 0.887. The summed E-state index contributed by atoms with van der Waals surface area (Å²) in [4.78, 5) is 12.7. The average Bonchev–Trinajstić information content (AvgIpc) is 2.92. The fraction of sp³-hybridized carbons (Fsp3) is 0.350. The predicted octanol–water partition coefficient (Wildman–Crippen LogP) is 3.81. The van der Waals surface area contributed by atoms with Crippen LogP contribution in [0.15, 0.2) is 53.4 Å². The zero-order chi connectivity index (χ0) is 18.6. The largest absolute Gasteiger partial charge is 0.322 e. The molecule has 1 N–H and O–H groups in total. The average molecular weight is 372 g/mol. The van der Waals surface area contributed by atoms with Gasteiger partial charge in [-0.15, -0.1) is 0 Å². The third-order valence-electron chi connectivity index (χ3n) is 4.66. The molecule has 5 nitrogen and oxygen atoms in total. The fourth-order valence-corrected chi connectivity index (χ4v) is 4.93. The number of carbonyl (C=O) groups is 1. The molecular formula is C20H24N2O3S. The van der Waals surface area contributed by atoms with E-state index >= 15 is 0 Å². The van der Waals surface area contributed by atoms with Gasteiger partial charge in [-0.1, -0.05) is 37.1 Å². The van der Waals surface area contributed by atoms with Gasteiger partial charge in [-0.2, -0.15) is 4.31 Å². The highest BCUT2D eigenvalue weighted by atomic mass is 32.2. The molecule has 0 unspecified atom stereocenters. The fourth-order valence-electron chi connectivity index (χ4n) is 3.17. The predicted molar refractivity (Wildman–Crippen MR) is 103 cm³/mol. The molecule has 0 spiro atoms. The maximum absolute atomic E-state index is 13.1. The van der Waals surface area contributed by atoms with Gasteiger partial charge in [0.1, 0.15) is 0 Å². The van der Waals surface area contributed by atoms with Crippen molar-refractivity contribution >= 4 is 21.6 Å². The second kappa shape index (κ2) is 8.01.